The molecule has 0 fully saturated rings. The van der Waals surface area contributed by atoms with Crippen molar-refractivity contribution in [3.05, 3.63) is 0 Å². The number of amides is 1. The summed E-state index contributed by atoms with van der Waals surface area (Å²) in [7, 11) is 5.70. The summed E-state index contributed by atoms with van der Waals surface area (Å²) in [5, 5.41) is 2.63. The van der Waals surface area contributed by atoms with Crippen molar-refractivity contribution in [2.45, 2.75) is 13.3 Å². The molecule has 11 heavy (non-hydrogen) atoms. The zero-order valence-corrected chi connectivity index (χ0v) is 7.85. The number of carbonyl (C=O) groups is 1. The maximum absolute atomic E-state index is 11.0. The molecule has 1 amide bonds. The number of hydrogen-bond acceptors (Lipinski definition) is 2. The molecule has 3 heteroatoms. The summed E-state index contributed by atoms with van der Waals surface area (Å²) in [6.45, 7) is 2.91. The number of carbonyl (C=O) groups excluding carboxylic acids is 1. The minimum atomic E-state index is 0.127. The molecule has 0 radical (unpaired) electrons. The predicted molar refractivity (Wildman–Crippen MR) is 46.4 cm³/mol. The van der Waals surface area contributed by atoms with E-state index in [1.54, 1.807) is 7.05 Å². The summed E-state index contributed by atoms with van der Waals surface area (Å²) in [5.41, 5.74) is 0. The summed E-state index contributed by atoms with van der Waals surface area (Å²) < 4.78 is 0. The van der Waals surface area contributed by atoms with Crippen LogP contribution in [0.1, 0.15) is 13.3 Å². The van der Waals surface area contributed by atoms with Crippen LogP contribution < -0.4 is 5.32 Å². The minimum absolute atomic E-state index is 0.127. The topological polar surface area (TPSA) is 32.3 Å². The Hall–Kier alpha value is -0.570. The molecule has 0 aromatic carbocycles. The van der Waals surface area contributed by atoms with Crippen LogP contribution in [0.2, 0.25) is 0 Å². The molecular weight excluding hydrogens is 140 g/mol. The molecule has 0 saturated carbocycles. The molecule has 3 nitrogen and oxygen atoms in total. The fraction of sp³-hybridized carbons (Fsp3) is 0.875. The highest BCUT2D eigenvalue weighted by Crippen LogP contribution is 2.01. The summed E-state index contributed by atoms with van der Waals surface area (Å²) in [6, 6.07) is 0. The van der Waals surface area contributed by atoms with Crippen LogP contribution in [-0.2, 0) is 4.79 Å². The van der Waals surface area contributed by atoms with Crippen LogP contribution in [0, 0.1) is 5.92 Å². The molecule has 0 rings (SSSR count). The third kappa shape index (κ3) is 4.79. The highest BCUT2D eigenvalue weighted by Gasteiger charge is 2.09. The Morgan fingerprint density at radius 2 is 2.09 bits per heavy atom. The maximum atomic E-state index is 11.0. The van der Waals surface area contributed by atoms with Gasteiger partial charge in [0.1, 0.15) is 0 Å². The molecule has 0 aromatic heterocycles. The normalized spacial score (nSPS) is 13.2. The van der Waals surface area contributed by atoms with E-state index in [4.69, 9.17) is 0 Å². The minimum Gasteiger partial charge on any atom is -0.359 e. The van der Waals surface area contributed by atoms with Gasteiger partial charge in [-0.15, -0.1) is 0 Å². The van der Waals surface area contributed by atoms with Gasteiger partial charge in [0.25, 0.3) is 0 Å². The third-order valence-corrected chi connectivity index (χ3v) is 1.70. The third-order valence-electron chi connectivity index (χ3n) is 1.70. The predicted octanol–water partition coefficient (Wildman–Crippen LogP) is 0.320. The molecule has 0 spiro atoms. The van der Waals surface area contributed by atoms with E-state index in [-0.39, 0.29) is 11.8 Å². The second-order valence-electron chi connectivity index (χ2n) is 3.11. The Balaban J connectivity index is 3.52. The van der Waals surface area contributed by atoms with E-state index in [9.17, 15) is 4.79 Å². The van der Waals surface area contributed by atoms with Gasteiger partial charge in [-0.2, -0.15) is 0 Å². The molecule has 0 heterocycles. The highest BCUT2D eigenvalue weighted by molar-refractivity contribution is 5.77. The van der Waals surface area contributed by atoms with Gasteiger partial charge in [-0.1, -0.05) is 6.92 Å². The molecule has 1 N–H and O–H groups in total. The van der Waals surface area contributed by atoms with Gasteiger partial charge in [-0.05, 0) is 27.1 Å². The highest BCUT2D eigenvalue weighted by atomic mass is 16.1. The van der Waals surface area contributed by atoms with E-state index in [2.05, 4.69) is 10.2 Å². The molecule has 0 bridgehead atoms. The SMILES string of the molecule is CNC(=O)C(C)CCN(C)C. The number of nitrogens with zero attached hydrogens (tertiary/aromatic N) is 1. The standard InChI is InChI=1S/C8H18N2O/c1-7(8(11)9-2)5-6-10(3)4/h7H,5-6H2,1-4H3,(H,9,11). The number of rotatable bonds is 4. The molecule has 1 unspecified atom stereocenters. The first kappa shape index (κ1) is 10.4. The zero-order valence-electron chi connectivity index (χ0n) is 7.85. The van der Waals surface area contributed by atoms with Gasteiger partial charge < -0.3 is 10.2 Å². The lowest BCUT2D eigenvalue weighted by Gasteiger charge is -2.13. The Bertz CT molecular complexity index is 123. The average molecular weight is 158 g/mol. The van der Waals surface area contributed by atoms with Crippen LogP contribution in [0.3, 0.4) is 0 Å². The quantitative estimate of drug-likeness (QED) is 0.639. The number of nitrogens with one attached hydrogen (secondary N) is 1. The van der Waals surface area contributed by atoms with Crippen LogP contribution in [0.4, 0.5) is 0 Å². The molecule has 1 atom stereocenters. The smallest absolute Gasteiger partial charge is 0.222 e. The second kappa shape index (κ2) is 5.13. The summed E-state index contributed by atoms with van der Waals surface area (Å²) in [5.74, 6) is 0.259. The lowest BCUT2D eigenvalue weighted by atomic mass is 10.1. The van der Waals surface area contributed by atoms with Gasteiger partial charge in [-0.25, -0.2) is 0 Å². The molecule has 0 saturated heterocycles. The first-order chi connectivity index (χ1) is 5.07. The molecule has 0 aliphatic heterocycles. The van der Waals surface area contributed by atoms with Crippen molar-refractivity contribution in [2.24, 2.45) is 5.92 Å². The van der Waals surface area contributed by atoms with Gasteiger partial charge >= 0.3 is 0 Å². The summed E-state index contributed by atoms with van der Waals surface area (Å²) >= 11 is 0. The van der Waals surface area contributed by atoms with E-state index in [1.165, 1.54) is 0 Å². The van der Waals surface area contributed by atoms with Crippen molar-refractivity contribution in [3.8, 4) is 0 Å². The van der Waals surface area contributed by atoms with E-state index >= 15 is 0 Å². The van der Waals surface area contributed by atoms with Crippen LogP contribution in [0.15, 0.2) is 0 Å². The van der Waals surface area contributed by atoms with Gasteiger partial charge in [0, 0.05) is 13.0 Å². The summed E-state index contributed by atoms with van der Waals surface area (Å²) in [4.78, 5) is 13.1. The lowest BCUT2D eigenvalue weighted by molar-refractivity contribution is -0.124. The van der Waals surface area contributed by atoms with Crippen molar-refractivity contribution in [1.82, 2.24) is 10.2 Å². The van der Waals surface area contributed by atoms with Crippen molar-refractivity contribution >= 4 is 5.91 Å². The fourth-order valence-corrected chi connectivity index (χ4v) is 0.829. The van der Waals surface area contributed by atoms with E-state index < -0.39 is 0 Å². The average Bonchev–Trinajstić information content (AvgIpc) is 1.98. The van der Waals surface area contributed by atoms with Crippen molar-refractivity contribution < 1.29 is 4.79 Å². The molecule has 0 aromatic rings. The zero-order chi connectivity index (χ0) is 8.85. The maximum Gasteiger partial charge on any atom is 0.222 e. The fourth-order valence-electron chi connectivity index (χ4n) is 0.829. The van der Waals surface area contributed by atoms with Crippen molar-refractivity contribution in [1.29, 1.82) is 0 Å². The van der Waals surface area contributed by atoms with E-state index in [0.717, 1.165) is 13.0 Å². The summed E-state index contributed by atoms with van der Waals surface area (Å²) in [6.07, 6.45) is 0.923. The molecule has 66 valence electrons. The Labute approximate surface area is 68.8 Å². The second-order valence-corrected chi connectivity index (χ2v) is 3.11. The van der Waals surface area contributed by atoms with Crippen LogP contribution in [0.5, 0.6) is 0 Å². The largest absolute Gasteiger partial charge is 0.359 e. The Morgan fingerprint density at radius 1 is 1.55 bits per heavy atom. The van der Waals surface area contributed by atoms with Crippen LogP contribution in [-0.4, -0.2) is 38.5 Å². The number of hydrogen-bond donors (Lipinski definition) is 1. The van der Waals surface area contributed by atoms with Crippen LogP contribution >= 0.6 is 0 Å². The van der Waals surface area contributed by atoms with Gasteiger partial charge in [0.2, 0.25) is 5.91 Å². The van der Waals surface area contributed by atoms with Gasteiger partial charge in [0.05, 0.1) is 0 Å². The lowest BCUT2D eigenvalue weighted by Crippen LogP contribution is -2.28. The molecular formula is C8H18N2O. The van der Waals surface area contributed by atoms with Crippen molar-refractivity contribution in [3.63, 3.8) is 0 Å². The monoisotopic (exact) mass is 158 g/mol. The van der Waals surface area contributed by atoms with Crippen molar-refractivity contribution in [2.75, 3.05) is 27.7 Å². The van der Waals surface area contributed by atoms with Gasteiger partial charge in [0.15, 0.2) is 0 Å². The molecule has 0 aliphatic carbocycles. The first-order valence-electron chi connectivity index (χ1n) is 3.94. The van der Waals surface area contributed by atoms with E-state index in [0.29, 0.717) is 0 Å². The Kier molecular flexibility index (Phi) is 4.86. The molecule has 0 aliphatic rings. The first-order valence-corrected chi connectivity index (χ1v) is 3.94. The van der Waals surface area contributed by atoms with Crippen LogP contribution in [0.25, 0.3) is 0 Å². The van der Waals surface area contributed by atoms with E-state index in [1.807, 2.05) is 21.0 Å². The van der Waals surface area contributed by atoms with Gasteiger partial charge in [-0.3, -0.25) is 4.79 Å². The Morgan fingerprint density at radius 3 is 2.45 bits per heavy atom.